The van der Waals surface area contributed by atoms with Crippen LogP contribution in [0.3, 0.4) is 0 Å². The smallest absolute Gasteiger partial charge is 0.289 e. The molecule has 0 radical (unpaired) electrons. The Kier molecular flexibility index (Phi) is 6.70. The van der Waals surface area contributed by atoms with Gasteiger partial charge in [0.1, 0.15) is 17.9 Å². The molecule has 3 aromatic rings. The molecule has 0 spiro atoms. The molecule has 0 bridgehead atoms. The molecule has 1 aliphatic rings. The van der Waals surface area contributed by atoms with Crippen LogP contribution in [-0.4, -0.2) is 40.1 Å². The van der Waals surface area contributed by atoms with Crippen LogP contribution in [0.4, 0.5) is 5.69 Å². The van der Waals surface area contributed by atoms with Crippen molar-refractivity contribution in [1.29, 1.82) is 0 Å². The molecule has 0 fully saturated rings. The Bertz CT molecular complexity index is 1370. The van der Waals surface area contributed by atoms with Gasteiger partial charge in [-0.3, -0.25) is 19.9 Å². The van der Waals surface area contributed by atoms with Gasteiger partial charge in [-0.05, 0) is 11.6 Å². The SMILES string of the molecule is O=C(c1ccccc1)[C@@H]1[C@@H](c2ccccc2)N=C(C(Cl)Cl)N1S(=O)(=O)c1ccccc1[N+](=O)[O-]. The average molecular weight is 518 g/mol. The number of sulfonamides is 1. The molecule has 34 heavy (non-hydrogen) atoms. The topological polar surface area (TPSA) is 110 Å². The molecule has 0 aromatic heterocycles. The van der Waals surface area contributed by atoms with Crippen LogP contribution in [0.2, 0.25) is 0 Å². The van der Waals surface area contributed by atoms with Crippen molar-refractivity contribution in [3.05, 3.63) is 106 Å². The lowest BCUT2D eigenvalue weighted by Gasteiger charge is -2.29. The molecule has 1 heterocycles. The lowest BCUT2D eigenvalue weighted by atomic mass is 9.94. The second-order valence-electron chi connectivity index (χ2n) is 7.34. The van der Waals surface area contributed by atoms with Gasteiger partial charge in [-0.25, -0.2) is 12.7 Å². The number of nitrogens with zero attached hydrogens (tertiary/aromatic N) is 3. The minimum atomic E-state index is -4.68. The molecule has 0 unspecified atom stereocenters. The van der Waals surface area contributed by atoms with E-state index in [1.807, 2.05) is 0 Å². The zero-order chi connectivity index (χ0) is 24.5. The number of carbonyl (C=O) groups is 1. The summed E-state index contributed by atoms with van der Waals surface area (Å²) >= 11 is 12.3. The Balaban J connectivity index is 1.95. The maximum Gasteiger partial charge on any atom is 0.289 e. The number of aliphatic imine (C=N–C) groups is 1. The van der Waals surface area contributed by atoms with E-state index in [4.69, 9.17) is 23.2 Å². The molecule has 0 amide bonds. The minimum absolute atomic E-state index is 0.244. The molecule has 2 atom stereocenters. The molecule has 0 aliphatic carbocycles. The lowest BCUT2D eigenvalue weighted by molar-refractivity contribution is -0.387. The fourth-order valence-corrected chi connectivity index (χ4v) is 6.04. The number of rotatable bonds is 7. The van der Waals surface area contributed by atoms with Gasteiger partial charge in [-0.15, -0.1) is 0 Å². The van der Waals surface area contributed by atoms with Crippen molar-refractivity contribution in [2.24, 2.45) is 4.99 Å². The maximum absolute atomic E-state index is 13.9. The van der Waals surface area contributed by atoms with Crippen LogP contribution < -0.4 is 0 Å². The van der Waals surface area contributed by atoms with Gasteiger partial charge in [0.15, 0.2) is 15.5 Å². The van der Waals surface area contributed by atoms with E-state index in [0.29, 0.717) is 5.56 Å². The largest absolute Gasteiger partial charge is 0.292 e. The van der Waals surface area contributed by atoms with Crippen molar-refractivity contribution in [3.8, 4) is 0 Å². The summed E-state index contributed by atoms with van der Waals surface area (Å²) in [7, 11) is -4.68. The van der Waals surface area contributed by atoms with Gasteiger partial charge in [-0.2, -0.15) is 0 Å². The highest BCUT2D eigenvalue weighted by Gasteiger charge is 2.50. The first-order valence-electron chi connectivity index (χ1n) is 10.0. The lowest BCUT2D eigenvalue weighted by Crippen LogP contribution is -2.48. The first-order chi connectivity index (χ1) is 16.2. The van der Waals surface area contributed by atoms with E-state index in [-0.39, 0.29) is 11.4 Å². The number of Topliss-reactive ketones (excluding diaryl/α,β-unsaturated/α-hetero) is 1. The summed E-state index contributed by atoms with van der Waals surface area (Å²) in [4.78, 5) is 26.9. The number of nitro groups is 1. The molecule has 0 saturated heterocycles. The predicted octanol–water partition coefficient (Wildman–Crippen LogP) is 4.79. The Morgan fingerprint density at radius 1 is 0.941 bits per heavy atom. The van der Waals surface area contributed by atoms with Crippen LogP contribution in [0.1, 0.15) is 22.0 Å². The number of carbonyl (C=O) groups excluding carboxylic acids is 1. The van der Waals surface area contributed by atoms with Gasteiger partial charge in [0.05, 0.1) is 4.92 Å². The summed E-state index contributed by atoms with van der Waals surface area (Å²) < 4.78 is 28.5. The fraction of sp³-hybridized carbons (Fsp3) is 0.130. The zero-order valence-corrected chi connectivity index (χ0v) is 19.7. The number of nitro benzene ring substituents is 1. The molecule has 0 N–H and O–H groups in total. The van der Waals surface area contributed by atoms with Crippen molar-refractivity contribution < 1.29 is 18.1 Å². The molecule has 0 saturated carbocycles. The van der Waals surface area contributed by atoms with E-state index in [1.165, 1.54) is 12.1 Å². The van der Waals surface area contributed by atoms with E-state index < -0.39 is 48.2 Å². The second-order valence-corrected chi connectivity index (χ2v) is 10.2. The van der Waals surface area contributed by atoms with Gasteiger partial charge in [0.25, 0.3) is 15.7 Å². The van der Waals surface area contributed by atoms with E-state index in [2.05, 4.69) is 4.99 Å². The standard InChI is InChI=1S/C23H17Cl2N3O5S/c24-22(25)23-26-19(15-9-3-1-4-10-15)20(21(29)16-11-5-2-6-12-16)27(23)34(32,33)18-14-8-7-13-17(18)28(30)31/h1-14,19-20,22H/t19-,20+/m1/s1. The van der Waals surface area contributed by atoms with E-state index in [1.54, 1.807) is 60.7 Å². The van der Waals surface area contributed by atoms with E-state index >= 15 is 0 Å². The molecule has 11 heteroatoms. The highest BCUT2D eigenvalue weighted by molar-refractivity contribution is 7.90. The van der Waals surface area contributed by atoms with Crippen LogP contribution in [-0.2, 0) is 10.0 Å². The average Bonchev–Trinajstić information content (AvgIpc) is 3.26. The number of hydrogen-bond acceptors (Lipinski definition) is 6. The summed E-state index contributed by atoms with van der Waals surface area (Å²) in [6.45, 7) is 0. The first-order valence-corrected chi connectivity index (χ1v) is 12.3. The molecule has 8 nitrogen and oxygen atoms in total. The molecule has 1 aliphatic heterocycles. The summed E-state index contributed by atoms with van der Waals surface area (Å²) in [5, 5.41) is 11.6. The Morgan fingerprint density at radius 2 is 1.50 bits per heavy atom. The van der Waals surface area contributed by atoms with Crippen LogP contribution >= 0.6 is 23.2 Å². The Hall–Kier alpha value is -3.27. The maximum atomic E-state index is 13.9. The first kappa shape index (κ1) is 23.9. The highest BCUT2D eigenvalue weighted by atomic mass is 35.5. The number of amidine groups is 1. The number of benzene rings is 3. The van der Waals surface area contributed by atoms with Crippen molar-refractivity contribution in [1.82, 2.24) is 4.31 Å². The molecular weight excluding hydrogens is 501 g/mol. The molecule has 4 rings (SSSR count). The Labute approximate surface area is 205 Å². The van der Waals surface area contributed by atoms with E-state index in [9.17, 15) is 23.3 Å². The van der Waals surface area contributed by atoms with Crippen LogP contribution in [0.15, 0.2) is 94.8 Å². The van der Waals surface area contributed by atoms with Crippen molar-refractivity contribution in [2.75, 3.05) is 0 Å². The normalized spacial score (nSPS) is 18.1. The van der Waals surface area contributed by atoms with Crippen molar-refractivity contribution >= 4 is 50.5 Å². The van der Waals surface area contributed by atoms with Gasteiger partial charge in [0, 0.05) is 11.6 Å². The summed E-state index contributed by atoms with van der Waals surface area (Å²) in [6, 6.07) is 19.3. The van der Waals surface area contributed by atoms with Gasteiger partial charge in [-0.1, -0.05) is 96.0 Å². The number of para-hydroxylation sites is 1. The number of alkyl halides is 2. The van der Waals surface area contributed by atoms with Crippen LogP contribution in [0.25, 0.3) is 0 Å². The van der Waals surface area contributed by atoms with E-state index in [0.717, 1.165) is 16.4 Å². The second kappa shape index (κ2) is 9.54. The van der Waals surface area contributed by atoms with Crippen LogP contribution in [0, 0.1) is 10.1 Å². The summed E-state index contributed by atoms with van der Waals surface area (Å²) in [5.74, 6) is -0.839. The zero-order valence-electron chi connectivity index (χ0n) is 17.4. The minimum Gasteiger partial charge on any atom is -0.292 e. The Morgan fingerprint density at radius 3 is 2.09 bits per heavy atom. The van der Waals surface area contributed by atoms with Gasteiger partial charge >= 0.3 is 0 Å². The third-order valence-electron chi connectivity index (χ3n) is 5.31. The van der Waals surface area contributed by atoms with Crippen molar-refractivity contribution in [2.45, 2.75) is 21.8 Å². The number of hydrogen-bond donors (Lipinski definition) is 0. The molecule has 174 valence electrons. The van der Waals surface area contributed by atoms with Gasteiger partial charge < -0.3 is 0 Å². The predicted molar refractivity (Wildman–Crippen MR) is 129 cm³/mol. The highest BCUT2D eigenvalue weighted by Crippen LogP contribution is 2.40. The third kappa shape index (κ3) is 4.29. The molecular formula is C23H17Cl2N3O5S. The quantitative estimate of drug-likeness (QED) is 0.193. The molecule has 3 aromatic carbocycles. The van der Waals surface area contributed by atoms with Gasteiger partial charge in [0.2, 0.25) is 0 Å². The number of ketones is 1. The third-order valence-corrected chi connectivity index (χ3v) is 7.53. The fourth-order valence-electron chi connectivity index (χ4n) is 3.83. The number of halogens is 2. The summed E-state index contributed by atoms with van der Waals surface area (Å²) in [6.07, 6.45) is 0. The van der Waals surface area contributed by atoms with Crippen LogP contribution in [0.5, 0.6) is 0 Å². The monoisotopic (exact) mass is 517 g/mol. The van der Waals surface area contributed by atoms with Crippen molar-refractivity contribution in [3.63, 3.8) is 0 Å². The summed E-state index contributed by atoms with van der Waals surface area (Å²) in [5.41, 5.74) is 0.161.